The highest BCUT2D eigenvalue weighted by molar-refractivity contribution is 5.96. The van der Waals surface area contributed by atoms with E-state index in [1.165, 1.54) is 7.11 Å². The van der Waals surface area contributed by atoms with Gasteiger partial charge in [0, 0.05) is 11.1 Å². The van der Waals surface area contributed by atoms with Crippen molar-refractivity contribution in [2.75, 3.05) is 19.5 Å². The minimum atomic E-state index is -0.433. The van der Waals surface area contributed by atoms with Gasteiger partial charge in [-0.05, 0) is 42.5 Å². The normalized spacial score (nSPS) is 10.4. The second-order valence-electron chi connectivity index (χ2n) is 6.72. The summed E-state index contributed by atoms with van der Waals surface area (Å²) >= 11 is 0. The van der Waals surface area contributed by atoms with Crippen LogP contribution in [0.3, 0.4) is 0 Å². The molecule has 0 aliphatic heterocycles. The van der Waals surface area contributed by atoms with Crippen molar-refractivity contribution in [2.24, 2.45) is 0 Å². The Hall–Kier alpha value is -4.19. The number of esters is 1. The molecular formula is C25H21N3O3. The fourth-order valence-corrected chi connectivity index (χ4v) is 3.17. The van der Waals surface area contributed by atoms with Crippen LogP contribution in [0.4, 0.5) is 11.6 Å². The van der Waals surface area contributed by atoms with Crippen LogP contribution in [0.2, 0.25) is 0 Å². The Morgan fingerprint density at radius 2 is 1.39 bits per heavy atom. The van der Waals surface area contributed by atoms with E-state index in [0.29, 0.717) is 17.2 Å². The predicted octanol–water partition coefficient (Wildman–Crippen LogP) is 5.35. The van der Waals surface area contributed by atoms with Crippen LogP contribution in [0.25, 0.3) is 22.5 Å². The van der Waals surface area contributed by atoms with E-state index in [1.807, 2.05) is 66.7 Å². The minimum Gasteiger partial charge on any atom is -0.497 e. The Labute approximate surface area is 180 Å². The van der Waals surface area contributed by atoms with Crippen molar-refractivity contribution in [1.29, 1.82) is 0 Å². The maximum Gasteiger partial charge on any atom is 0.339 e. The Kier molecular flexibility index (Phi) is 5.89. The smallest absolute Gasteiger partial charge is 0.339 e. The molecule has 154 valence electrons. The summed E-state index contributed by atoms with van der Waals surface area (Å²) in [5, 5.41) is 3.18. The SMILES string of the molecule is COC(=O)c1ccccc1Nc1nc(-c2ccccc2)cc(-c2ccc(OC)cc2)n1. The number of benzene rings is 3. The summed E-state index contributed by atoms with van der Waals surface area (Å²) in [4.78, 5) is 21.5. The van der Waals surface area contributed by atoms with Gasteiger partial charge in [0.2, 0.25) is 5.95 Å². The van der Waals surface area contributed by atoms with Gasteiger partial charge in [-0.2, -0.15) is 0 Å². The van der Waals surface area contributed by atoms with E-state index in [-0.39, 0.29) is 0 Å². The third kappa shape index (κ3) is 4.53. The monoisotopic (exact) mass is 411 g/mol. The van der Waals surface area contributed by atoms with Crippen LogP contribution in [-0.4, -0.2) is 30.2 Å². The van der Waals surface area contributed by atoms with E-state index in [4.69, 9.17) is 14.5 Å². The number of aromatic nitrogens is 2. The lowest BCUT2D eigenvalue weighted by Gasteiger charge is -2.12. The molecule has 6 nitrogen and oxygen atoms in total. The Morgan fingerprint density at radius 3 is 2.03 bits per heavy atom. The van der Waals surface area contributed by atoms with Crippen LogP contribution < -0.4 is 10.1 Å². The molecule has 3 aromatic carbocycles. The average molecular weight is 411 g/mol. The van der Waals surface area contributed by atoms with E-state index in [1.54, 1.807) is 25.3 Å². The zero-order valence-corrected chi connectivity index (χ0v) is 17.2. The number of anilines is 2. The van der Waals surface area contributed by atoms with E-state index < -0.39 is 5.97 Å². The number of hydrogen-bond acceptors (Lipinski definition) is 6. The molecule has 0 spiro atoms. The van der Waals surface area contributed by atoms with Crippen molar-refractivity contribution in [3.8, 4) is 28.3 Å². The summed E-state index contributed by atoms with van der Waals surface area (Å²) in [6, 6.07) is 26.6. The first kappa shape index (κ1) is 20.1. The minimum absolute atomic E-state index is 0.378. The molecule has 1 aromatic heterocycles. The summed E-state index contributed by atoms with van der Waals surface area (Å²) in [5.41, 5.74) is 4.37. The fraction of sp³-hybridized carbons (Fsp3) is 0.0800. The van der Waals surface area contributed by atoms with Crippen molar-refractivity contribution in [3.63, 3.8) is 0 Å². The molecule has 0 amide bonds. The summed E-state index contributed by atoms with van der Waals surface area (Å²) in [7, 11) is 2.99. The lowest BCUT2D eigenvalue weighted by Crippen LogP contribution is -2.07. The van der Waals surface area contributed by atoms with Gasteiger partial charge in [0.05, 0.1) is 36.9 Å². The van der Waals surface area contributed by atoms with Gasteiger partial charge in [0.25, 0.3) is 0 Å². The summed E-state index contributed by atoms with van der Waals surface area (Å²) in [6.07, 6.45) is 0. The molecule has 0 fully saturated rings. The molecule has 0 atom stereocenters. The van der Waals surface area contributed by atoms with E-state index >= 15 is 0 Å². The Morgan fingerprint density at radius 1 is 0.774 bits per heavy atom. The van der Waals surface area contributed by atoms with Gasteiger partial charge in [0.1, 0.15) is 5.75 Å². The third-order valence-electron chi connectivity index (χ3n) is 4.76. The first-order valence-corrected chi connectivity index (χ1v) is 9.71. The fourth-order valence-electron chi connectivity index (χ4n) is 3.17. The Bertz CT molecular complexity index is 1190. The third-order valence-corrected chi connectivity index (χ3v) is 4.76. The highest BCUT2D eigenvalue weighted by Gasteiger charge is 2.14. The van der Waals surface area contributed by atoms with E-state index in [9.17, 15) is 4.79 Å². The number of carbonyl (C=O) groups is 1. The maximum absolute atomic E-state index is 12.1. The van der Waals surface area contributed by atoms with Crippen molar-refractivity contribution in [3.05, 3.63) is 90.5 Å². The largest absolute Gasteiger partial charge is 0.497 e. The van der Waals surface area contributed by atoms with Crippen molar-refractivity contribution >= 4 is 17.6 Å². The number of nitrogens with zero attached hydrogens (tertiary/aromatic N) is 2. The highest BCUT2D eigenvalue weighted by atomic mass is 16.5. The van der Waals surface area contributed by atoms with Gasteiger partial charge >= 0.3 is 5.97 Å². The first-order valence-electron chi connectivity index (χ1n) is 9.71. The number of para-hydroxylation sites is 1. The van der Waals surface area contributed by atoms with Gasteiger partial charge in [-0.25, -0.2) is 14.8 Å². The van der Waals surface area contributed by atoms with Gasteiger partial charge < -0.3 is 14.8 Å². The number of ether oxygens (including phenoxy) is 2. The zero-order valence-electron chi connectivity index (χ0n) is 17.2. The molecule has 0 aliphatic rings. The van der Waals surface area contributed by atoms with Gasteiger partial charge in [-0.1, -0.05) is 42.5 Å². The summed E-state index contributed by atoms with van der Waals surface area (Å²) in [6.45, 7) is 0. The average Bonchev–Trinajstić information content (AvgIpc) is 2.84. The van der Waals surface area contributed by atoms with Crippen LogP contribution >= 0.6 is 0 Å². The van der Waals surface area contributed by atoms with Crippen molar-refractivity contribution in [2.45, 2.75) is 0 Å². The Balaban J connectivity index is 1.79. The quantitative estimate of drug-likeness (QED) is 0.431. The summed E-state index contributed by atoms with van der Waals surface area (Å²) < 4.78 is 10.1. The molecule has 0 saturated heterocycles. The number of methoxy groups -OCH3 is 2. The molecule has 6 heteroatoms. The molecule has 0 bridgehead atoms. The van der Waals surface area contributed by atoms with Crippen LogP contribution in [0, 0.1) is 0 Å². The maximum atomic E-state index is 12.1. The second kappa shape index (κ2) is 9.09. The molecule has 0 radical (unpaired) electrons. The zero-order chi connectivity index (χ0) is 21.6. The van der Waals surface area contributed by atoms with Gasteiger partial charge in [0.15, 0.2) is 0 Å². The lowest BCUT2D eigenvalue weighted by molar-refractivity contribution is 0.0602. The molecule has 4 rings (SSSR count). The lowest BCUT2D eigenvalue weighted by atomic mass is 10.1. The topological polar surface area (TPSA) is 73.3 Å². The predicted molar refractivity (Wildman–Crippen MR) is 121 cm³/mol. The molecule has 4 aromatic rings. The van der Waals surface area contributed by atoms with Crippen LogP contribution in [0.1, 0.15) is 10.4 Å². The van der Waals surface area contributed by atoms with E-state index in [2.05, 4.69) is 10.3 Å². The molecule has 0 saturated carbocycles. The standard InChI is InChI=1S/C25H21N3O3/c1-30-19-14-12-18(13-15-19)23-16-22(17-8-4-3-5-9-17)27-25(28-23)26-21-11-7-6-10-20(21)24(29)31-2/h3-16H,1-2H3,(H,26,27,28). The number of hydrogen-bond donors (Lipinski definition) is 1. The van der Waals surface area contributed by atoms with Crippen LogP contribution in [0.5, 0.6) is 5.75 Å². The molecule has 1 N–H and O–H groups in total. The second-order valence-corrected chi connectivity index (χ2v) is 6.72. The van der Waals surface area contributed by atoms with Crippen molar-refractivity contribution in [1.82, 2.24) is 9.97 Å². The molecule has 0 unspecified atom stereocenters. The number of rotatable bonds is 6. The number of carbonyl (C=O) groups excluding carboxylic acids is 1. The molecular weight excluding hydrogens is 390 g/mol. The highest BCUT2D eigenvalue weighted by Crippen LogP contribution is 2.28. The summed E-state index contributed by atoms with van der Waals surface area (Å²) in [5.74, 6) is 0.715. The van der Waals surface area contributed by atoms with Crippen LogP contribution in [-0.2, 0) is 4.74 Å². The number of nitrogens with one attached hydrogen (secondary N) is 1. The van der Waals surface area contributed by atoms with Gasteiger partial charge in [-0.15, -0.1) is 0 Å². The molecule has 31 heavy (non-hydrogen) atoms. The van der Waals surface area contributed by atoms with Crippen molar-refractivity contribution < 1.29 is 14.3 Å². The molecule has 0 aliphatic carbocycles. The van der Waals surface area contributed by atoms with Crippen LogP contribution in [0.15, 0.2) is 84.9 Å². The molecule has 1 heterocycles. The van der Waals surface area contributed by atoms with E-state index in [0.717, 1.165) is 28.3 Å². The first-order chi connectivity index (χ1) is 15.2. The van der Waals surface area contributed by atoms with Gasteiger partial charge in [-0.3, -0.25) is 0 Å².